The van der Waals surface area contributed by atoms with Crippen LogP contribution >= 0.6 is 0 Å². The Hall–Kier alpha value is -1.60. The lowest BCUT2D eigenvalue weighted by molar-refractivity contribution is 0.349. The van der Waals surface area contributed by atoms with Gasteiger partial charge in [0.25, 0.3) is 0 Å². The first-order valence-corrected chi connectivity index (χ1v) is 5.58. The summed E-state index contributed by atoms with van der Waals surface area (Å²) in [5, 5.41) is 0. The van der Waals surface area contributed by atoms with Crippen LogP contribution in [-0.2, 0) is 10.3 Å². The Kier molecular flexibility index (Phi) is 2.08. The number of hydrogen-bond acceptors (Lipinski definition) is 1. The second kappa shape index (κ2) is 3.46. The van der Waals surface area contributed by atoms with Gasteiger partial charge in [-0.25, -0.2) is 0 Å². The lowest BCUT2D eigenvalue weighted by atomic mass is 9.91. The van der Waals surface area contributed by atoms with Gasteiger partial charge in [0, 0.05) is 0 Å². The summed E-state index contributed by atoms with van der Waals surface area (Å²) in [6.07, 6.45) is 0. The van der Waals surface area contributed by atoms with Gasteiger partial charge >= 0.3 is 0 Å². The van der Waals surface area contributed by atoms with Crippen molar-refractivity contribution in [3.63, 3.8) is 0 Å². The number of benzene rings is 2. The van der Waals surface area contributed by atoms with Crippen LogP contribution in [0.5, 0.6) is 0 Å². The first-order chi connectivity index (χ1) is 7.81. The van der Waals surface area contributed by atoms with Gasteiger partial charge in [-0.3, -0.25) is 0 Å². The van der Waals surface area contributed by atoms with Gasteiger partial charge in [0.05, 0.1) is 6.61 Å². The molecule has 0 bridgehead atoms. The molecule has 2 aromatic carbocycles. The molecule has 1 nitrogen and oxygen atoms in total. The second-order valence-corrected chi connectivity index (χ2v) is 4.35. The van der Waals surface area contributed by atoms with Gasteiger partial charge < -0.3 is 4.74 Å². The maximum Gasteiger partial charge on any atom is 0.142 e. The van der Waals surface area contributed by atoms with E-state index in [1.165, 1.54) is 16.7 Å². The highest BCUT2D eigenvalue weighted by Crippen LogP contribution is 2.44. The van der Waals surface area contributed by atoms with Gasteiger partial charge in [0.2, 0.25) is 0 Å². The van der Waals surface area contributed by atoms with Gasteiger partial charge in [0.1, 0.15) is 5.60 Å². The smallest absolute Gasteiger partial charge is 0.142 e. The minimum Gasteiger partial charge on any atom is -0.359 e. The van der Waals surface area contributed by atoms with E-state index in [9.17, 15) is 0 Å². The molecule has 0 aromatic heterocycles. The van der Waals surface area contributed by atoms with E-state index in [2.05, 4.69) is 55.5 Å². The van der Waals surface area contributed by atoms with E-state index in [4.69, 9.17) is 4.74 Å². The molecule has 1 unspecified atom stereocenters. The molecular weight excluding hydrogens is 196 g/mol. The molecule has 1 heteroatoms. The minimum absolute atomic E-state index is 0.172. The van der Waals surface area contributed by atoms with Gasteiger partial charge in [-0.15, -0.1) is 0 Å². The monoisotopic (exact) mass is 210 g/mol. The zero-order valence-electron chi connectivity index (χ0n) is 9.31. The fourth-order valence-corrected chi connectivity index (χ4v) is 2.10. The van der Waals surface area contributed by atoms with Crippen molar-refractivity contribution >= 4 is 0 Å². The topological polar surface area (TPSA) is 12.5 Å². The fourth-order valence-electron chi connectivity index (χ4n) is 2.10. The molecule has 0 radical (unpaired) electrons. The largest absolute Gasteiger partial charge is 0.359 e. The summed E-state index contributed by atoms with van der Waals surface area (Å²) in [7, 11) is 0. The van der Waals surface area contributed by atoms with Crippen LogP contribution in [0.2, 0.25) is 0 Å². The molecule has 1 fully saturated rings. The highest BCUT2D eigenvalue weighted by atomic mass is 16.6. The van der Waals surface area contributed by atoms with Crippen molar-refractivity contribution in [2.45, 2.75) is 12.5 Å². The van der Waals surface area contributed by atoms with E-state index in [0.29, 0.717) is 0 Å². The van der Waals surface area contributed by atoms with Crippen LogP contribution in [0.4, 0.5) is 0 Å². The maximum absolute atomic E-state index is 5.71. The van der Waals surface area contributed by atoms with Crippen LogP contribution in [0, 0.1) is 6.92 Å². The van der Waals surface area contributed by atoms with Crippen molar-refractivity contribution in [1.82, 2.24) is 0 Å². The van der Waals surface area contributed by atoms with E-state index in [0.717, 1.165) is 6.61 Å². The molecule has 0 spiro atoms. The van der Waals surface area contributed by atoms with Gasteiger partial charge in [0.15, 0.2) is 0 Å². The summed E-state index contributed by atoms with van der Waals surface area (Å²) >= 11 is 0. The van der Waals surface area contributed by atoms with Crippen LogP contribution in [-0.4, -0.2) is 6.61 Å². The molecule has 1 heterocycles. The number of rotatable bonds is 2. The third-order valence-electron chi connectivity index (χ3n) is 3.19. The SMILES string of the molecule is Cc1ccc(C2(c3ccccc3)CO2)cc1. The van der Waals surface area contributed by atoms with E-state index in [-0.39, 0.29) is 5.60 Å². The number of epoxide rings is 1. The first kappa shape index (κ1) is 9.61. The normalized spacial score (nSPS) is 23.1. The van der Waals surface area contributed by atoms with Crippen LogP contribution in [0.25, 0.3) is 0 Å². The molecule has 1 aliphatic heterocycles. The van der Waals surface area contributed by atoms with Gasteiger partial charge in [-0.2, -0.15) is 0 Å². The zero-order valence-corrected chi connectivity index (χ0v) is 9.31. The highest BCUT2D eigenvalue weighted by molar-refractivity contribution is 5.41. The molecular formula is C15H14O. The lowest BCUT2D eigenvalue weighted by Gasteiger charge is -2.12. The van der Waals surface area contributed by atoms with E-state index in [1.54, 1.807) is 0 Å². The minimum atomic E-state index is -0.172. The summed E-state index contributed by atoms with van der Waals surface area (Å²) in [4.78, 5) is 0. The molecule has 80 valence electrons. The van der Waals surface area contributed by atoms with Crippen LogP contribution < -0.4 is 0 Å². The second-order valence-electron chi connectivity index (χ2n) is 4.35. The third-order valence-corrected chi connectivity index (χ3v) is 3.19. The molecule has 16 heavy (non-hydrogen) atoms. The van der Waals surface area contributed by atoms with Crippen LogP contribution in [0.15, 0.2) is 54.6 Å². The molecule has 0 N–H and O–H groups in total. The Balaban J connectivity index is 2.03. The van der Waals surface area contributed by atoms with Crippen molar-refractivity contribution in [1.29, 1.82) is 0 Å². The lowest BCUT2D eigenvalue weighted by Crippen LogP contribution is -2.10. The van der Waals surface area contributed by atoms with Crippen molar-refractivity contribution in [2.24, 2.45) is 0 Å². The predicted molar refractivity (Wildman–Crippen MR) is 64.4 cm³/mol. The zero-order chi connectivity index (χ0) is 11.0. The molecule has 0 aliphatic carbocycles. The van der Waals surface area contributed by atoms with Crippen LogP contribution in [0.1, 0.15) is 16.7 Å². The highest BCUT2D eigenvalue weighted by Gasteiger charge is 2.47. The number of hydrogen-bond donors (Lipinski definition) is 0. The Bertz CT molecular complexity index is 481. The Morgan fingerprint density at radius 2 is 1.44 bits per heavy atom. The standard InChI is InChI=1S/C15H14O/c1-12-7-9-14(10-8-12)15(11-16-15)13-5-3-2-4-6-13/h2-10H,11H2,1H3. The Morgan fingerprint density at radius 1 is 0.875 bits per heavy atom. The van der Waals surface area contributed by atoms with Gasteiger partial charge in [-0.1, -0.05) is 60.2 Å². The molecule has 2 aromatic rings. The molecule has 1 aliphatic rings. The summed E-state index contributed by atoms with van der Waals surface area (Å²) in [6.45, 7) is 2.90. The fraction of sp³-hybridized carbons (Fsp3) is 0.200. The summed E-state index contributed by atoms with van der Waals surface area (Å²) in [5.41, 5.74) is 3.62. The first-order valence-electron chi connectivity index (χ1n) is 5.58. The molecule has 3 rings (SSSR count). The number of ether oxygens (including phenoxy) is 1. The van der Waals surface area contributed by atoms with E-state index < -0.39 is 0 Å². The predicted octanol–water partition coefficient (Wildman–Crippen LogP) is 3.27. The third kappa shape index (κ3) is 1.44. The van der Waals surface area contributed by atoms with Crippen molar-refractivity contribution in [3.8, 4) is 0 Å². The molecule has 0 amide bonds. The quantitative estimate of drug-likeness (QED) is 0.693. The summed E-state index contributed by atoms with van der Waals surface area (Å²) in [5.74, 6) is 0. The van der Waals surface area contributed by atoms with Crippen LogP contribution in [0.3, 0.4) is 0 Å². The Morgan fingerprint density at radius 3 is 2.00 bits per heavy atom. The molecule has 1 saturated heterocycles. The summed E-state index contributed by atoms with van der Waals surface area (Å²) < 4.78 is 5.71. The van der Waals surface area contributed by atoms with E-state index >= 15 is 0 Å². The van der Waals surface area contributed by atoms with Crippen molar-refractivity contribution in [3.05, 3.63) is 71.3 Å². The number of aryl methyl sites for hydroxylation is 1. The Labute approximate surface area is 95.7 Å². The average Bonchev–Trinajstić information content (AvgIpc) is 3.13. The summed E-state index contributed by atoms with van der Waals surface area (Å²) in [6, 6.07) is 19.0. The van der Waals surface area contributed by atoms with Crippen molar-refractivity contribution in [2.75, 3.05) is 6.61 Å². The van der Waals surface area contributed by atoms with Crippen molar-refractivity contribution < 1.29 is 4.74 Å². The van der Waals surface area contributed by atoms with Gasteiger partial charge in [-0.05, 0) is 18.1 Å². The molecule has 1 atom stereocenters. The molecule has 0 saturated carbocycles. The average molecular weight is 210 g/mol. The van der Waals surface area contributed by atoms with E-state index in [1.807, 2.05) is 6.07 Å². The maximum atomic E-state index is 5.71.